The largest absolute Gasteiger partial charge is 0.507 e. The number of halogens is 3. The summed E-state index contributed by atoms with van der Waals surface area (Å²) in [6.07, 6.45) is 3.51. The van der Waals surface area contributed by atoms with Crippen molar-refractivity contribution in [1.82, 2.24) is 19.4 Å². The van der Waals surface area contributed by atoms with Crippen molar-refractivity contribution in [1.29, 1.82) is 0 Å². The van der Waals surface area contributed by atoms with Gasteiger partial charge in [0.25, 0.3) is 5.56 Å². The number of phenols is 1. The van der Waals surface area contributed by atoms with Crippen molar-refractivity contribution in [3.63, 3.8) is 0 Å². The molecule has 2 atom stereocenters. The first-order valence-electron chi connectivity index (χ1n) is 15.5. The van der Waals surface area contributed by atoms with Crippen molar-refractivity contribution < 1.29 is 23.1 Å². The molecule has 46 heavy (non-hydrogen) atoms. The van der Waals surface area contributed by atoms with Gasteiger partial charge in [0, 0.05) is 36.1 Å². The summed E-state index contributed by atoms with van der Waals surface area (Å²) in [6.45, 7) is 13.8. The summed E-state index contributed by atoms with van der Waals surface area (Å²) < 4.78 is 49.9. The van der Waals surface area contributed by atoms with Crippen molar-refractivity contribution in [2.45, 2.75) is 71.4 Å². The van der Waals surface area contributed by atoms with Crippen LogP contribution in [0.3, 0.4) is 0 Å². The molecule has 1 saturated heterocycles. The number of piperazine rings is 1. The second kappa shape index (κ2) is 11.6. The Morgan fingerprint density at radius 3 is 2.30 bits per heavy atom. The van der Waals surface area contributed by atoms with Crippen LogP contribution in [0, 0.1) is 17.5 Å². The van der Waals surface area contributed by atoms with Crippen LogP contribution >= 0.6 is 0 Å². The summed E-state index contributed by atoms with van der Waals surface area (Å²) >= 11 is 0. The van der Waals surface area contributed by atoms with Crippen LogP contribution in [0.15, 0.2) is 48.0 Å². The lowest BCUT2D eigenvalue weighted by molar-refractivity contribution is -0.129. The summed E-state index contributed by atoms with van der Waals surface area (Å²) in [4.78, 5) is 40.1. The van der Waals surface area contributed by atoms with Crippen LogP contribution in [0.2, 0.25) is 0 Å². The topological polar surface area (TPSA) is 91.6 Å². The zero-order chi connectivity index (χ0) is 33.2. The van der Waals surface area contributed by atoms with Gasteiger partial charge >= 0.3 is 0 Å². The number of hydrogen-bond acceptors (Lipinski definition) is 6. The minimum absolute atomic E-state index is 0.123. The number of hydrogen-bond donors (Lipinski definition) is 1. The van der Waals surface area contributed by atoms with Crippen LogP contribution in [0.4, 0.5) is 18.9 Å². The molecule has 0 aliphatic carbocycles. The summed E-state index contributed by atoms with van der Waals surface area (Å²) in [6, 6.07) is 4.02. The van der Waals surface area contributed by atoms with E-state index in [1.54, 1.807) is 4.90 Å². The number of aromatic nitrogens is 3. The van der Waals surface area contributed by atoms with E-state index in [2.05, 4.69) is 16.5 Å². The van der Waals surface area contributed by atoms with Gasteiger partial charge in [-0.05, 0) is 55.9 Å². The molecule has 2 aliphatic rings. The van der Waals surface area contributed by atoms with Gasteiger partial charge in [-0.2, -0.15) is 0 Å². The highest BCUT2D eigenvalue weighted by atomic mass is 19.1. The van der Waals surface area contributed by atoms with Crippen molar-refractivity contribution in [2.75, 3.05) is 18.0 Å². The molecule has 0 radical (unpaired) electrons. The van der Waals surface area contributed by atoms with Crippen molar-refractivity contribution in [3.8, 4) is 22.6 Å². The number of carbonyl (C=O) groups excluding carboxylic acids is 1. The molecule has 11 heteroatoms. The van der Waals surface area contributed by atoms with Gasteiger partial charge in [0.1, 0.15) is 23.7 Å². The molecule has 4 heterocycles. The monoisotopic (exact) mass is 631 g/mol. The van der Waals surface area contributed by atoms with Crippen molar-refractivity contribution in [3.05, 3.63) is 88.0 Å². The molecule has 2 unspecified atom stereocenters. The number of aromatic hydroxyl groups is 1. The maximum Gasteiger partial charge on any atom is 0.261 e. The van der Waals surface area contributed by atoms with Gasteiger partial charge in [0.15, 0.2) is 5.82 Å². The molecule has 240 valence electrons. The molecule has 2 aliphatic heterocycles. The van der Waals surface area contributed by atoms with Crippen molar-refractivity contribution >= 4 is 22.5 Å². The lowest BCUT2D eigenvalue weighted by Gasteiger charge is -2.49. The predicted octanol–water partition coefficient (Wildman–Crippen LogP) is 6.36. The molecule has 0 saturated carbocycles. The van der Waals surface area contributed by atoms with Gasteiger partial charge in [-0.15, -0.1) is 0 Å². The van der Waals surface area contributed by atoms with Crippen LogP contribution in [0.1, 0.15) is 69.8 Å². The molecule has 4 aromatic rings. The number of nitrogens with zero attached hydrogens (tertiary/aromatic N) is 5. The minimum Gasteiger partial charge on any atom is -0.507 e. The average Bonchev–Trinajstić information content (AvgIpc) is 3.01. The van der Waals surface area contributed by atoms with Crippen LogP contribution in [-0.4, -0.2) is 55.6 Å². The highest BCUT2D eigenvalue weighted by Gasteiger charge is 2.40. The van der Waals surface area contributed by atoms with Gasteiger partial charge in [0.2, 0.25) is 5.91 Å². The highest BCUT2D eigenvalue weighted by molar-refractivity contribution is 5.99. The fraction of sp³-hybridized carbons (Fsp3) is 0.371. The van der Waals surface area contributed by atoms with E-state index in [1.807, 2.05) is 39.5 Å². The number of pyridine rings is 1. The Morgan fingerprint density at radius 1 is 1.02 bits per heavy atom. The Morgan fingerprint density at radius 2 is 1.70 bits per heavy atom. The van der Waals surface area contributed by atoms with Crippen LogP contribution in [-0.2, 0) is 11.2 Å². The zero-order valence-electron chi connectivity index (χ0n) is 26.4. The molecule has 0 bridgehead atoms. The van der Waals surface area contributed by atoms with E-state index in [1.165, 1.54) is 23.0 Å². The van der Waals surface area contributed by atoms with E-state index in [0.29, 0.717) is 54.3 Å². The second-order valence-corrected chi connectivity index (χ2v) is 12.7. The van der Waals surface area contributed by atoms with E-state index < -0.39 is 39.9 Å². The Hall–Kier alpha value is -4.67. The van der Waals surface area contributed by atoms with Crippen LogP contribution < -0.4 is 10.5 Å². The van der Waals surface area contributed by atoms with E-state index in [9.17, 15) is 14.7 Å². The average molecular weight is 632 g/mol. The lowest BCUT2D eigenvalue weighted by atomic mass is 9.89. The Labute approximate surface area is 264 Å². The number of anilines is 1. The Bertz CT molecular complexity index is 1930. The van der Waals surface area contributed by atoms with Gasteiger partial charge < -0.3 is 14.9 Å². The summed E-state index contributed by atoms with van der Waals surface area (Å²) in [7, 11) is 0. The standard InChI is InChI=1S/C35H36F3N5O3/c1-7-26(45)41-15-20-11-12-21-32(42(20)14-19(41)6)22-13-24(37)28(27-23(36)9-8-10-25(27)44)29(38)33(22)43(35(21)46)34-30(17(2)3)39-16-40-31(34)18(4)5/h7-10,13,16-20,44H,1,11-12,14-15H2,2-6H3. The molecule has 1 N–H and O–H groups in total. The lowest BCUT2D eigenvalue weighted by Crippen LogP contribution is -2.60. The number of phenolic OH excluding ortho intramolecular Hbond substituents is 1. The maximum absolute atomic E-state index is 17.3. The van der Waals surface area contributed by atoms with Crippen LogP contribution in [0.5, 0.6) is 5.75 Å². The molecule has 2 aromatic heterocycles. The molecule has 1 fully saturated rings. The first-order valence-corrected chi connectivity index (χ1v) is 15.5. The predicted molar refractivity (Wildman–Crippen MR) is 171 cm³/mol. The number of fused-ring (bicyclic) bond motifs is 5. The number of amides is 1. The molecular weight excluding hydrogens is 595 g/mol. The molecule has 0 spiro atoms. The highest BCUT2D eigenvalue weighted by Crippen LogP contribution is 2.45. The second-order valence-electron chi connectivity index (χ2n) is 12.7. The van der Waals surface area contributed by atoms with E-state index in [-0.39, 0.29) is 40.7 Å². The smallest absolute Gasteiger partial charge is 0.261 e. The summed E-state index contributed by atoms with van der Waals surface area (Å²) in [5, 5.41) is 10.7. The fourth-order valence-electron chi connectivity index (χ4n) is 7.04. The third kappa shape index (κ3) is 4.75. The summed E-state index contributed by atoms with van der Waals surface area (Å²) in [5.74, 6) is -4.56. The van der Waals surface area contributed by atoms with E-state index >= 15 is 13.2 Å². The van der Waals surface area contributed by atoms with Gasteiger partial charge in [0.05, 0.1) is 39.4 Å². The van der Waals surface area contributed by atoms with Gasteiger partial charge in [-0.1, -0.05) is 40.3 Å². The third-order valence-corrected chi connectivity index (χ3v) is 9.17. The molecule has 1 amide bonds. The molecule has 6 rings (SSSR count). The summed E-state index contributed by atoms with van der Waals surface area (Å²) in [5.41, 5.74) is -0.125. The Balaban J connectivity index is 1.77. The SMILES string of the molecule is C=CC(=O)N1CC2CCc3c(c4cc(F)c(-c5c(O)cccc5F)c(F)c4n(-c4c(C(C)C)ncnc4C(C)C)c3=O)N2CC1C. The number of rotatable bonds is 5. The van der Waals surface area contributed by atoms with E-state index in [0.717, 1.165) is 18.2 Å². The molecule has 8 nitrogen and oxygen atoms in total. The normalized spacial score (nSPS) is 17.9. The third-order valence-electron chi connectivity index (χ3n) is 9.17. The van der Waals surface area contributed by atoms with Crippen molar-refractivity contribution in [2.24, 2.45) is 0 Å². The zero-order valence-corrected chi connectivity index (χ0v) is 26.4. The molecule has 2 aromatic carbocycles. The van der Waals surface area contributed by atoms with Gasteiger partial charge in [-0.3, -0.25) is 14.2 Å². The Kier molecular flexibility index (Phi) is 7.90. The van der Waals surface area contributed by atoms with Gasteiger partial charge in [-0.25, -0.2) is 23.1 Å². The van der Waals surface area contributed by atoms with Crippen LogP contribution in [0.25, 0.3) is 27.7 Å². The molecular formula is C35H36F3N5O3. The fourth-order valence-corrected chi connectivity index (χ4v) is 7.04. The quantitative estimate of drug-likeness (QED) is 0.258. The first-order chi connectivity index (χ1) is 21.9. The number of carbonyl (C=O) groups is 1. The number of benzene rings is 2. The first kappa shape index (κ1) is 31.3. The maximum atomic E-state index is 17.3. The van der Waals surface area contributed by atoms with E-state index in [4.69, 9.17) is 0 Å². The minimum atomic E-state index is -1.20.